The normalized spacial score (nSPS) is 23.8. The number of amides is 3. The molecular weight excluding hydrogens is 364 g/mol. The third-order valence-corrected chi connectivity index (χ3v) is 5.15. The lowest BCUT2D eigenvalue weighted by atomic mass is 9.86. The van der Waals surface area contributed by atoms with Gasteiger partial charge in [0.1, 0.15) is 18.0 Å². The maximum Gasteiger partial charge on any atom is 0.432 e. The Morgan fingerprint density at radius 3 is 2.93 bits per heavy atom. The Labute approximate surface area is 160 Å². The Morgan fingerprint density at radius 1 is 1.46 bits per heavy atom. The summed E-state index contributed by atoms with van der Waals surface area (Å²) in [5, 5.41) is 17.2. The molecule has 0 aliphatic carbocycles. The van der Waals surface area contributed by atoms with Crippen molar-refractivity contribution < 1.29 is 19.5 Å². The number of nitrogens with zero attached hydrogens (tertiary/aromatic N) is 4. The highest BCUT2D eigenvalue weighted by molar-refractivity contribution is 5.91. The summed E-state index contributed by atoms with van der Waals surface area (Å²) in [4.78, 5) is 34.7. The second-order valence-electron chi connectivity index (χ2n) is 7.04. The summed E-state index contributed by atoms with van der Waals surface area (Å²) in [7, 11) is 0. The number of carboxylic acid groups (broad SMARTS) is 1. The molecule has 0 radical (unpaired) electrons. The summed E-state index contributed by atoms with van der Waals surface area (Å²) >= 11 is 0. The molecule has 1 saturated heterocycles. The summed E-state index contributed by atoms with van der Waals surface area (Å²) in [5.41, 5.74) is 7.51. The average Bonchev–Trinajstić information content (AvgIpc) is 3.22. The van der Waals surface area contributed by atoms with Crippen molar-refractivity contribution in [3.63, 3.8) is 0 Å². The van der Waals surface area contributed by atoms with Crippen LogP contribution in [0, 0.1) is 0 Å². The maximum absolute atomic E-state index is 13.1. The van der Waals surface area contributed by atoms with Gasteiger partial charge in [-0.05, 0) is 12.5 Å². The van der Waals surface area contributed by atoms with Crippen LogP contribution in [0.25, 0.3) is 0 Å². The fourth-order valence-electron chi connectivity index (χ4n) is 3.85. The Hall–Kier alpha value is -3.40. The number of rotatable bonds is 5. The van der Waals surface area contributed by atoms with Crippen LogP contribution in [0.4, 0.5) is 9.59 Å². The van der Waals surface area contributed by atoms with Crippen molar-refractivity contribution in [3.8, 4) is 0 Å². The van der Waals surface area contributed by atoms with E-state index in [0.717, 1.165) is 11.1 Å². The molecule has 1 unspecified atom stereocenters. The Bertz CT molecular complexity index is 943. The second-order valence-corrected chi connectivity index (χ2v) is 7.04. The van der Waals surface area contributed by atoms with E-state index in [1.165, 1.54) is 5.06 Å². The number of benzene rings is 1. The van der Waals surface area contributed by atoms with Crippen LogP contribution < -0.4 is 5.73 Å². The molecule has 0 saturated carbocycles. The fourth-order valence-corrected chi connectivity index (χ4v) is 3.85. The van der Waals surface area contributed by atoms with Crippen LogP contribution in [0.5, 0.6) is 0 Å². The van der Waals surface area contributed by atoms with Gasteiger partial charge in [-0.3, -0.25) is 9.94 Å². The number of aromatic amines is 1. The summed E-state index contributed by atoms with van der Waals surface area (Å²) in [6.45, 7) is 2.53. The van der Waals surface area contributed by atoms with E-state index in [0.29, 0.717) is 12.2 Å². The summed E-state index contributed by atoms with van der Waals surface area (Å²) in [5.74, 6) is -0.0712. The third-order valence-electron chi connectivity index (χ3n) is 5.15. The molecule has 1 fully saturated rings. The number of H-pyrrole nitrogens is 1. The topological polar surface area (TPSA) is 137 Å². The largest absolute Gasteiger partial charge is 0.463 e. The van der Waals surface area contributed by atoms with Gasteiger partial charge in [-0.25, -0.2) is 9.59 Å². The van der Waals surface area contributed by atoms with E-state index in [9.17, 15) is 9.59 Å². The Morgan fingerprint density at radius 2 is 2.21 bits per heavy atom. The number of fused-ring (bicyclic) bond motifs is 4. The van der Waals surface area contributed by atoms with Crippen LogP contribution in [-0.4, -0.2) is 49.8 Å². The molecule has 2 bridgehead atoms. The molecule has 2 atom stereocenters. The van der Waals surface area contributed by atoms with Crippen LogP contribution in [0.15, 0.2) is 41.5 Å². The predicted octanol–water partition coefficient (Wildman–Crippen LogP) is 1.97. The number of nitrogens with one attached hydrogen (secondary N) is 1. The van der Waals surface area contributed by atoms with Crippen LogP contribution in [0.3, 0.4) is 0 Å². The van der Waals surface area contributed by atoms with Crippen molar-refractivity contribution in [3.05, 3.63) is 53.3 Å². The van der Waals surface area contributed by atoms with Crippen molar-refractivity contribution >= 4 is 18.0 Å². The fraction of sp³-hybridized carbons (Fsp3) is 0.333. The number of aliphatic imine (C=N–C) groups is 1. The monoisotopic (exact) mass is 384 g/mol. The molecule has 2 aliphatic heterocycles. The summed E-state index contributed by atoms with van der Waals surface area (Å²) in [6, 6.07) is 8.76. The Kier molecular flexibility index (Phi) is 4.27. The molecule has 0 spiro atoms. The second kappa shape index (κ2) is 6.64. The third kappa shape index (κ3) is 2.87. The maximum atomic E-state index is 13.1. The van der Waals surface area contributed by atoms with Gasteiger partial charge >= 0.3 is 12.1 Å². The summed E-state index contributed by atoms with van der Waals surface area (Å²) < 4.78 is 0. The first-order chi connectivity index (χ1) is 13.4. The number of hydroxylamine groups is 2. The molecule has 1 aromatic carbocycles. The first-order valence-corrected chi connectivity index (χ1v) is 8.77. The van der Waals surface area contributed by atoms with Gasteiger partial charge in [0.05, 0.1) is 24.5 Å². The van der Waals surface area contributed by atoms with E-state index in [-0.39, 0.29) is 24.9 Å². The van der Waals surface area contributed by atoms with E-state index in [1.807, 2.05) is 37.3 Å². The minimum atomic E-state index is -1.37. The zero-order chi connectivity index (χ0) is 19.9. The van der Waals surface area contributed by atoms with Gasteiger partial charge in [0.25, 0.3) is 0 Å². The van der Waals surface area contributed by atoms with Crippen molar-refractivity contribution in [1.82, 2.24) is 20.2 Å². The number of hydrogen-bond donors (Lipinski definition) is 3. The molecule has 1 aromatic heterocycles. The van der Waals surface area contributed by atoms with Crippen LogP contribution in [-0.2, 0) is 17.0 Å². The highest BCUT2D eigenvalue weighted by atomic mass is 16.7. The number of nitrogens with two attached hydrogens (primary N) is 1. The number of carbonyl (C=O) groups excluding carboxylic acids is 1. The highest BCUT2D eigenvalue weighted by Gasteiger charge is 2.57. The van der Waals surface area contributed by atoms with Crippen molar-refractivity contribution in [2.24, 2.45) is 10.7 Å². The van der Waals surface area contributed by atoms with Gasteiger partial charge in [0.15, 0.2) is 0 Å². The van der Waals surface area contributed by atoms with E-state index >= 15 is 0 Å². The predicted molar refractivity (Wildman–Crippen MR) is 98.1 cm³/mol. The van der Waals surface area contributed by atoms with E-state index in [4.69, 9.17) is 15.7 Å². The minimum absolute atomic E-state index is 0.0712. The van der Waals surface area contributed by atoms with Crippen LogP contribution in [0.1, 0.15) is 36.2 Å². The molecule has 3 heterocycles. The molecule has 4 rings (SSSR count). The van der Waals surface area contributed by atoms with Crippen molar-refractivity contribution in [2.75, 3.05) is 6.54 Å². The standard InChI is InChI=1S/C18H20N6O4/c1-18-10-23(17(27)24(18)28-9-11-5-3-2-4-6-11)13(7-14(19)21-16(25)26)15-12(18)8-20-22-15/h2-6,8,13H,7,9-10H2,1H3,(H2,19,21)(H,20,22)(H,25,26)/t13?,18-/m1/s1. The quantitative estimate of drug-likeness (QED) is 0.532. The number of aromatic nitrogens is 2. The Balaban J connectivity index is 1.63. The highest BCUT2D eigenvalue weighted by Crippen LogP contribution is 2.48. The molecule has 4 N–H and O–H groups in total. The minimum Gasteiger partial charge on any atom is -0.463 e. The van der Waals surface area contributed by atoms with Crippen molar-refractivity contribution in [1.29, 1.82) is 0 Å². The summed E-state index contributed by atoms with van der Waals surface area (Å²) in [6.07, 6.45) is 0.376. The number of urea groups is 1. The van der Waals surface area contributed by atoms with E-state index in [1.54, 1.807) is 11.1 Å². The first kappa shape index (κ1) is 18.0. The number of amidine groups is 1. The lowest BCUT2D eigenvalue weighted by molar-refractivity contribution is -0.172. The molecule has 10 heteroatoms. The molecular formula is C18H20N6O4. The lowest BCUT2D eigenvalue weighted by Gasteiger charge is -2.36. The number of carbonyl (C=O) groups is 2. The lowest BCUT2D eigenvalue weighted by Crippen LogP contribution is -2.43. The average molecular weight is 384 g/mol. The molecule has 2 aromatic rings. The van der Waals surface area contributed by atoms with Gasteiger partial charge in [0.2, 0.25) is 0 Å². The van der Waals surface area contributed by atoms with Crippen molar-refractivity contribution in [2.45, 2.75) is 31.5 Å². The SMILES string of the molecule is C[C@]12CN(C(=O)N1OCc1ccccc1)C(CC(N)=NC(=O)O)c1[nH]ncc12. The van der Waals surface area contributed by atoms with Gasteiger partial charge in [0, 0.05) is 12.0 Å². The van der Waals surface area contributed by atoms with Gasteiger partial charge in [-0.1, -0.05) is 30.3 Å². The van der Waals surface area contributed by atoms with Gasteiger partial charge in [-0.2, -0.15) is 15.2 Å². The molecule has 3 amide bonds. The molecule has 146 valence electrons. The molecule has 28 heavy (non-hydrogen) atoms. The zero-order valence-electron chi connectivity index (χ0n) is 15.2. The number of hydrogen-bond acceptors (Lipinski definition) is 4. The molecule has 10 nitrogen and oxygen atoms in total. The van der Waals surface area contributed by atoms with Gasteiger partial charge < -0.3 is 15.7 Å². The van der Waals surface area contributed by atoms with Crippen LogP contribution >= 0.6 is 0 Å². The van der Waals surface area contributed by atoms with Crippen LogP contribution in [0.2, 0.25) is 0 Å². The van der Waals surface area contributed by atoms with E-state index in [2.05, 4.69) is 15.2 Å². The van der Waals surface area contributed by atoms with E-state index < -0.39 is 17.7 Å². The molecule has 2 aliphatic rings. The van der Waals surface area contributed by atoms with Gasteiger partial charge in [-0.15, -0.1) is 0 Å². The zero-order valence-corrected chi connectivity index (χ0v) is 15.2. The smallest absolute Gasteiger partial charge is 0.432 e. The first-order valence-electron chi connectivity index (χ1n) is 8.77.